The topological polar surface area (TPSA) is 9.23 Å². The number of alkyl halides is 3. The van der Waals surface area contributed by atoms with Gasteiger partial charge in [-0.3, -0.25) is 0 Å². The summed E-state index contributed by atoms with van der Waals surface area (Å²) in [5.74, 6) is -2.72. The van der Waals surface area contributed by atoms with Crippen LogP contribution in [0.4, 0.5) is 22.0 Å². The number of benzene rings is 1. The van der Waals surface area contributed by atoms with Gasteiger partial charge in [0.15, 0.2) is 11.6 Å². The highest BCUT2D eigenvalue weighted by atomic mass is 19.4. The van der Waals surface area contributed by atoms with Crippen LogP contribution < -0.4 is 4.74 Å². The Morgan fingerprint density at radius 2 is 1.54 bits per heavy atom. The lowest BCUT2D eigenvalue weighted by atomic mass is 9.78. The van der Waals surface area contributed by atoms with Gasteiger partial charge in [-0.2, -0.15) is 0 Å². The molecule has 1 aliphatic carbocycles. The predicted molar refractivity (Wildman–Crippen MR) is 100 cm³/mol. The third-order valence-corrected chi connectivity index (χ3v) is 5.55. The first-order valence-electron chi connectivity index (χ1n) is 10.1. The number of unbranched alkanes of at least 4 members (excludes halogenated alkanes) is 2. The molecule has 0 unspecified atom stereocenters. The summed E-state index contributed by atoms with van der Waals surface area (Å²) in [5, 5.41) is 0. The zero-order valence-corrected chi connectivity index (χ0v) is 16.3. The minimum absolute atomic E-state index is 0.371. The van der Waals surface area contributed by atoms with Crippen LogP contribution in [0, 0.1) is 23.5 Å². The molecule has 0 radical (unpaired) electrons. The lowest BCUT2D eigenvalue weighted by Gasteiger charge is -2.28. The molecule has 0 N–H and O–H groups in total. The summed E-state index contributed by atoms with van der Waals surface area (Å²) in [6.45, 7) is 2.04. The van der Waals surface area contributed by atoms with E-state index in [1.54, 1.807) is 0 Å². The molecule has 0 aromatic heterocycles. The lowest BCUT2D eigenvalue weighted by molar-refractivity contribution is -0.276. The van der Waals surface area contributed by atoms with Crippen LogP contribution in [0.3, 0.4) is 0 Å². The summed E-state index contributed by atoms with van der Waals surface area (Å²) in [6.07, 6.45) is 9.92. The molecule has 1 aromatic carbocycles. The van der Waals surface area contributed by atoms with Gasteiger partial charge in [0.2, 0.25) is 5.75 Å². The molecule has 0 amide bonds. The zero-order valence-electron chi connectivity index (χ0n) is 16.3. The van der Waals surface area contributed by atoms with Crippen LogP contribution in [0.2, 0.25) is 0 Å². The van der Waals surface area contributed by atoms with Gasteiger partial charge in [0.1, 0.15) is 0 Å². The van der Waals surface area contributed by atoms with Gasteiger partial charge in [0.25, 0.3) is 0 Å². The van der Waals surface area contributed by atoms with Crippen molar-refractivity contribution in [2.75, 3.05) is 0 Å². The minimum atomic E-state index is -5.12. The van der Waals surface area contributed by atoms with Gasteiger partial charge >= 0.3 is 6.36 Å². The molecular formula is C22H29F5O. The van der Waals surface area contributed by atoms with Crippen molar-refractivity contribution >= 4 is 0 Å². The van der Waals surface area contributed by atoms with Crippen molar-refractivity contribution in [1.29, 1.82) is 0 Å². The van der Waals surface area contributed by atoms with E-state index in [2.05, 4.69) is 16.9 Å². The van der Waals surface area contributed by atoms with Crippen molar-refractivity contribution in [2.24, 2.45) is 11.8 Å². The SMILES string of the molecule is CC=CCCCCC1CCC(CCc2cc(F)c(OC(F)(F)F)c(F)c2)CC1. The molecule has 1 nitrogen and oxygen atoms in total. The van der Waals surface area contributed by atoms with Crippen molar-refractivity contribution in [3.8, 4) is 5.75 Å². The standard InChI is InChI=1S/C22H29F5O/c1-2-3-4-5-6-7-16-8-10-17(11-9-16)12-13-18-14-19(23)21(20(24)15-18)28-22(25,26)27/h2-3,14-17H,4-13H2,1H3. The minimum Gasteiger partial charge on any atom is -0.399 e. The van der Waals surface area contributed by atoms with Crippen LogP contribution in [0.5, 0.6) is 5.75 Å². The Morgan fingerprint density at radius 3 is 2.07 bits per heavy atom. The lowest BCUT2D eigenvalue weighted by Crippen LogP contribution is -2.19. The van der Waals surface area contributed by atoms with E-state index >= 15 is 0 Å². The molecular weight excluding hydrogens is 375 g/mol. The fourth-order valence-electron chi connectivity index (χ4n) is 4.01. The smallest absolute Gasteiger partial charge is 0.399 e. The van der Waals surface area contributed by atoms with Crippen LogP contribution in [-0.4, -0.2) is 6.36 Å². The van der Waals surface area contributed by atoms with Crippen molar-refractivity contribution in [2.45, 2.75) is 77.5 Å². The highest BCUT2D eigenvalue weighted by Gasteiger charge is 2.34. The largest absolute Gasteiger partial charge is 0.573 e. The number of halogens is 5. The van der Waals surface area contributed by atoms with E-state index in [0.717, 1.165) is 43.7 Å². The molecule has 1 aliphatic rings. The zero-order chi connectivity index (χ0) is 20.6. The van der Waals surface area contributed by atoms with Crippen LogP contribution in [0.15, 0.2) is 24.3 Å². The molecule has 0 heterocycles. The van der Waals surface area contributed by atoms with Crippen LogP contribution >= 0.6 is 0 Å². The number of hydrogen-bond acceptors (Lipinski definition) is 1. The Bertz CT molecular complexity index is 607. The van der Waals surface area contributed by atoms with Crippen LogP contribution in [0.25, 0.3) is 0 Å². The summed E-state index contributed by atoms with van der Waals surface area (Å²) in [7, 11) is 0. The van der Waals surface area contributed by atoms with Gasteiger partial charge in [-0.1, -0.05) is 50.7 Å². The van der Waals surface area contributed by atoms with E-state index < -0.39 is 23.7 Å². The molecule has 0 spiro atoms. The normalized spacial score (nSPS) is 20.6. The Morgan fingerprint density at radius 1 is 0.964 bits per heavy atom. The summed E-state index contributed by atoms with van der Waals surface area (Å²) >= 11 is 0. The number of rotatable bonds is 9. The highest BCUT2D eigenvalue weighted by Crippen LogP contribution is 2.35. The number of allylic oxidation sites excluding steroid dienone is 2. The molecule has 2 rings (SSSR count). The van der Waals surface area contributed by atoms with E-state index in [0.29, 0.717) is 17.9 Å². The number of ether oxygens (including phenoxy) is 1. The third kappa shape index (κ3) is 7.80. The monoisotopic (exact) mass is 404 g/mol. The average molecular weight is 404 g/mol. The van der Waals surface area contributed by atoms with Gasteiger partial charge in [-0.15, -0.1) is 13.2 Å². The maximum atomic E-state index is 13.8. The Hall–Kier alpha value is -1.59. The summed E-state index contributed by atoms with van der Waals surface area (Å²) in [5.41, 5.74) is 0.371. The van der Waals surface area contributed by atoms with E-state index in [1.165, 1.54) is 32.1 Å². The summed E-state index contributed by atoms with van der Waals surface area (Å²) < 4.78 is 67.6. The molecule has 28 heavy (non-hydrogen) atoms. The number of aryl methyl sites for hydroxylation is 1. The van der Waals surface area contributed by atoms with E-state index in [-0.39, 0.29) is 0 Å². The van der Waals surface area contributed by atoms with Crippen molar-refractivity contribution < 1.29 is 26.7 Å². The Balaban J connectivity index is 1.75. The van der Waals surface area contributed by atoms with Crippen molar-refractivity contribution in [3.05, 3.63) is 41.5 Å². The van der Waals surface area contributed by atoms with Crippen LogP contribution in [0.1, 0.15) is 70.3 Å². The van der Waals surface area contributed by atoms with Crippen LogP contribution in [-0.2, 0) is 6.42 Å². The number of hydrogen-bond donors (Lipinski definition) is 0. The molecule has 0 atom stereocenters. The maximum Gasteiger partial charge on any atom is 0.573 e. The quantitative estimate of drug-likeness (QED) is 0.232. The Labute approximate surface area is 164 Å². The molecule has 0 aliphatic heterocycles. The molecule has 1 aromatic rings. The predicted octanol–water partition coefficient (Wildman–Crippen LogP) is 7.74. The first-order valence-corrected chi connectivity index (χ1v) is 10.1. The van der Waals surface area contributed by atoms with Crippen molar-refractivity contribution in [3.63, 3.8) is 0 Å². The molecule has 158 valence electrons. The first-order chi connectivity index (χ1) is 13.3. The first kappa shape index (κ1) is 22.7. The van der Waals surface area contributed by atoms with Gasteiger partial charge in [-0.05, 0) is 62.1 Å². The second kappa shape index (κ2) is 10.8. The second-order valence-corrected chi connectivity index (χ2v) is 7.72. The fourth-order valence-corrected chi connectivity index (χ4v) is 4.01. The van der Waals surface area contributed by atoms with Gasteiger partial charge in [0, 0.05) is 0 Å². The second-order valence-electron chi connectivity index (χ2n) is 7.72. The van der Waals surface area contributed by atoms with Crippen molar-refractivity contribution in [1.82, 2.24) is 0 Å². The summed E-state index contributed by atoms with van der Waals surface area (Å²) in [4.78, 5) is 0. The maximum absolute atomic E-state index is 13.8. The summed E-state index contributed by atoms with van der Waals surface area (Å²) in [6, 6.07) is 1.89. The van der Waals surface area contributed by atoms with Gasteiger partial charge in [0.05, 0.1) is 0 Å². The molecule has 0 bridgehead atoms. The highest BCUT2D eigenvalue weighted by molar-refractivity contribution is 5.31. The van der Waals surface area contributed by atoms with Gasteiger partial charge in [-0.25, -0.2) is 8.78 Å². The molecule has 1 fully saturated rings. The molecule has 6 heteroatoms. The molecule has 0 saturated heterocycles. The van der Waals surface area contributed by atoms with E-state index in [4.69, 9.17) is 0 Å². The Kier molecular flexibility index (Phi) is 8.77. The average Bonchev–Trinajstić information content (AvgIpc) is 2.63. The van der Waals surface area contributed by atoms with E-state index in [9.17, 15) is 22.0 Å². The third-order valence-electron chi connectivity index (χ3n) is 5.55. The van der Waals surface area contributed by atoms with E-state index in [1.807, 2.05) is 6.92 Å². The van der Waals surface area contributed by atoms with Gasteiger partial charge < -0.3 is 4.74 Å². The fraction of sp³-hybridized carbons (Fsp3) is 0.636. The molecule has 1 saturated carbocycles.